The van der Waals surface area contributed by atoms with Crippen molar-refractivity contribution < 1.29 is 13.2 Å². The number of aromatic nitrogens is 3. The van der Waals surface area contributed by atoms with Crippen molar-refractivity contribution in [3.8, 4) is 11.5 Å². The summed E-state index contributed by atoms with van der Waals surface area (Å²) in [6, 6.07) is 14.6. The van der Waals surface area contributed by atoms with Crippen LogP contribution in [-0.4, -0.2) is 35.4 Å². The van der Waals surface area contributed by atoms with Gasteiger partial charge in [0.15, 0.2) is 17.9 Å². The van der Waals surface area contributed by atoms with Crippen LogP contribution in [-0.2, 0) is 10.0 Å². The first-order valence-electron chi connectivity index (χ1n) is 8.86. The Morgan fingerprint density at radius 1 is 1.04 bits per heavy atom. The van der Waals surface area contributed by atoms with Crippen LogP contribution in [0.1, 0.15) is 23.7 Å². The molecule has 0 aliphatic rings. The molecule has 28 heavy (non-hydrogen) atoms. The van der Waals surface area contributed by atoms with E-state index in [1.54, 1.807) is 25.1 Å². The van der Waals surface area contributed by atoms with Gasteiger partial charge in [-0.1, -0.05) is 37.3 Å². The lowest BCUT2D eigenvalue weighted by Gasteiger charge is -2.11. The highest BCUT2D eigenvalue weighted by atomic mass is 32.2. The van der Waals surface area contributed by atoms with Crippen molar-refractivity contribution in [3.63, 3.8) is 0 Å². The van der Waals surface area contributed by atoms with Gasteiger partial charge in [0, 0.05) is 16.3 Å². The lowest BCUT2D eigenvalue weighted by Crippen LogP contribution is -2.17. The number of anilines is 1. The zero-order valence-corrected chi connectivity index (χ0v) is 16.0. The minimum Gasteiger partial charge on any atom is -0.351 e. The molecule has 0 radical (unpaired) electrons. The molecule has 0 saturated heterocycles. The van der Waals surface area contributed by atoms with Crippen molar-refractivity contribution in [1.29, 1.82) is 0 Å². The van der Waals surface area contributed by atoms with E-state index < -0.39 is 10.0 Å². The topological polar surface area (TPSA) is 105 Å². The molecule has 8 heteroatoms. The fraction of sp³-hybridized carbons (Fsp3) is 0.150. The molecule has 4 rings (SSSR count). The van der Waals surface area contributed by atoms with E-state index in [1.807, 2.05) is 30.3 Å². The van der Waals surface area contributed by atoms with E-state index >= 15 is 0 Å². The third-order valence-corrected chi connectivity index (χ3v) is 5.87. The van der Waals surface area contributed by atoms with Crippen LogP contribution in [0.2, 0.25) is 0 Å². The van der Waals surface area contributed by atoms with Crippen LogP contribution < -0.4 is 4.72 Å². The fourth-order valence-electron chi connectivity index (χ4n) is 3.20. The van der Waals surface area contributed by atoms with E-state index in [0.717, 1.165) is 17.2 Å². The number of hydrogen-bond acceptors (Lipinski definition) is 5. The number of carbonyl (C=O) groups is 1. The van der Waals surface area contributed by atoms with Gasteiger partial charge in [-0.2, -0.15) is 0 Å². The van der Waals surface area contributed by atoms with E-state index in [2.05, 4.69) is 19.7 Å². The van der Waals surface area contributed by atoms with Crippen LogP contribution in [0.25, 0.3) is 33.3 Å². The van der Waals surface area contributed by atoms with Gasteiger partial charge in [0.25, 0.3) is 0 Å². The number of para-hydroxylation sites is 2. The lowest BCUT2D eigenvalue weighted by atomic mass is 10.1. The summed E-state index contributed by atoms with van der Waals surface area (Å²) in [6.07, 6.45) is 1.25. The molecule has 0 amide bonds. The van der Waals surface area contributed by atoms with Crippen molar-refractivity contribution in [1.82, 2.24) is 15.0 Å². The van der Waals surface area contributed by atoms with Crippen LogP contribution in [0.3, 0.4) is 0 Å². The molecule has 2 N–H and O–H groups in total. The number of H-pyrrole nitrogens is 1. The normalized spacial score (nSPS) is 11.8. The first kappa shape index (κ1) is 18.1. The molecule has 0 atom stereocenters. The monoisotopic (exact) mass is 394 g/mol. The van der Waals surface area contributed by atoms with Crippen LogP contribution in [0, 0.1) is 0 Å². The van der Waals surface area contributed by atoms with E-state index in [0.29, 0.717) is 28.6 Å². The Kier molecular flexibility index (Phi) is 4.56. The minimum atomic E-state index is -3.54. The van der Waals surface area contributed by atoms with Crippen molar-refractivity contribution in [3.05, 3.63) is 54.1 Å². The van der Waals surface area contributed by atoms with Gasteiger partial charge >= 0.3 is 0 Å². The third kappa shape index (κ3) is 3.22. The van der Waals surface area contributed by atoms with Gasteiger partial charge in [-0.05, 0) is 24.6 Å². The Morgan fingerprint density at radius 3 is 2.50 bits per heavy atom. The fourth-order valence-corrected chi connectivity index (χ4v) is 4.29. The number of fused-ring (bicyclic) bond motifs is 2. The molecule has 4 aromatic rings. The number of aromatic amines is 1. The SMILES string of the molecule is CCCS(=O)(=O)Nc1nc(-c2[nH]c3ccccc3c2C=O)nc2ccccc12. The lowest BCUT2D eigenvalue weighted by molar-refractivity contribution is 0.112. The van der Waals surface area contributed by atoms with Gasteiger partial charge in [-0.15, -0.1) is 0 Å². The molecule has 0 fully saturated rings. The van der Waals surface area contributed by atoms with Gasteiger partial charge in [0.2, 0.25) is 10.0 Å². The van der Waals surface area contributed by atoms with Crippen molar-refractivity contribution in [2.45, 2.75) is 13.3 Å². The van der Waals surface area contributed by atoms with Gasteiger partial charge in [-0.25, -0.2) is 18.4 Å². The quantitative estimate of drug-likeness (QED) is 0.485. The predicted octanol–water partition coefficient (Wildman–Crippen LogP) is 3.74. The highest BCUT2D eigenvalue weighted by Crippen LogP contribution is 2.30. The van der Waals surface area contributed by atoms with E-state index in [-0.39, 0.29) is 17.4 Å². The Balaban J connectivity index is 1.95. The number of sulfonamides is 1. The molecule has 0 unspecified atom stereocenters. The maximum absolute atomic E-state index is 12.3. The van der Waals surface area contributed by atoms with Crippen LogP contribution in [0.4, 0.5) is 5.82 Å². The summed E-state index contributed by atoms with van der Waals surface area (Å²) < 4.78 is 27.2. The largest absolute Gasteiger partial charge is 0.351 e. The first-order chi connectivity index (χ1) is 13.5. The zero-order valence-electron chi connectivity index (χ0n) is 15.1. The van der Waals surface area contributed by atoms with Crippen LogP contribution in [0.5, 0.6) is 0 Å². The Morgan fingerprint density at radius 2 is 1.75 bits per heavy atom. The number of hydrogen-bond donors (Lipinski definition) is 2. The first-order valence-corrected chi connectivity index (χ1v) is 10.5. The molecule has 0 aliphatic heterocycles. The Bertz CT molecular complexity index is 1300. The van der Waals surface area contributed by atoms with Crippen LogP contribution in [0.15, 0.2) is 48.5 Å². The molecule has 2 aromatic heterocycles. The third-order valence-electron chi connectivity index (χ3n) is 4.42. The van der Waals surface area contributed by atoms with E-state index in [4.69, 9.17) is 0 Å². The molecule has 0 saturated carbocycles. The standard InChI is InChI=1S/C20H18N4O3S/c1-2-11-28(26,27)24-19-14-8-4-6-10-17(14)22-20(23-19)18-15(12-25)13-7-3-5-9-16(13)21-18/h3-10,12,21H,2,11H2,1H3,(H,22,23,24). The highest BCUT2D eigenvalue weighted by Gasteiger charge is 2.19. The Labute approximate surface area is 161 Å². The summed E-state index contributed by atoms with van der Waals surface area (Å²) in [7, 11) is -3.54. The van der Waals surface area contributed by atoms with Gasteiger partial charge in [0.1, 0.15) is 0 Å². The molecular weight excluding hydrogens is 376 g/mol. The minimum absolute atomic E-state index is 0.00730. The van der Waals surface area contributed by atoms with E-state index in [1.165, 1.54) is 0 Å². The van der Waals surface area contributed by atoms with Crippen molar-refractivity contribution >= 4 is 43.9 Å². The van der Waals surface area contributed by atoms with Gasteiger partial charge in [-0.3, -0.25) is 9.52 Å². The number of carbonyl (C=O) groups excluding carboxylic acids is 1. The summed E-state index contributed by atoms with van der Waals surface area (Å²) in [6.45, 7) is 1.80. The summed E-state index contributed by atoms with van der Waals surface area (Å²) in [5.41, 5.74) is 2.26. The molecule has 2 heterocycles. The molecule has 0 aliphatic carbocycles. The second-order valence-electron chi connectivity index (χ2n) is 6.41. The van der Waals surface area contributed by atoms with Crippen molar-refractivity contribution in [2.75, 3.05) is 10.5 Å². The number of rotatable bonds is 6. The molecule has 7 nitrogen and oxygen atoms in total. The number of benzene rings is 2. The smallest absolute Gasteiger partial charge is 0.233 e. The molecule has 142 valence electrons. The summed E-state index contributed by atoms with van der Waals surface area (Å²) >= 11 is 0. The highest BCUT2D eigenvalue weighted by molar-refractivity contribution is 7.92. The average molecular weight is 394 g/mol. The number of nitrogens with one attached hydrogen (secondary N) is 2. The number of aldehydes is 1. The molecule has 0 spiro atoms. The average Bonchev–Trinajstić information content (AvgIpc) is 3.06. The maximum Gasteiger partial charge on any atom is 0.233 e. The molecule has 2 aromatic carbocycles. The van der Waals surface area contributed by atoms with Crippen molar-refractivity contribution in [2.24, 2.45) is 0 Å². The maximum atomic E-state index is 12.3. The second-order valence-corrected chi connectivity index (χ2v) is 8.25. The van der Waals surface area contributed by atoms with Gasteiger partial charge < -0.3 is 4.98 Å². The number of nitrogens with zero attached hydrogens (tertiary/aromatic N) is 2. The summed E-state index contributed by atoms with van der Waals surface area (Å²) in [5.74, 6) is 0.447. The molecular formula is C20H18N4O3S. The summed E-state index contributed by atoms with van der Waals surface area (Å²) in [5, 5.41) is 1.35. The summed E-state index contributed by atoms with van der Waals surface area (Å²) in [4.78, 5) is 23.9. The van der Waals surface area contributed by atoms with Gasteiger partial charge in [0.05, 0.1) is 22.5 Å². The van der Waals surface area contributed by atoms with Crippen LogP contribution >= 0.6 is 0 Å². The zero-order chi connectivity index (χ0) is 19.7. The Hall–Kier alpha value is -3.26. The second kappa shape index (κ2) is 7.05. The molecule has 0 bridgehead atoms. The van der Waals surface area contributed by atoms with E-state index in [9.17, 15) is 13.2 Å². The predicted molar refractivity (Wildman–Crippen MR) is 110 cm³/mol.